The standard InChI is InChI=1S/C8H10.C3H8.U/c1-2-8-6-4-3-5-7-8;1-3-2;/h3-7H,2H2,1H3;3H2,1-2H3;. The van der Waals surface area contributed by atoms with Crippen LogP contribution in [-0.2, 0) is 6.42 Å². The van der Waals surface area contributed by atoms with Crippen molar-refractivity contribution in [2.24, 2.45) is 0 Å². The van der Waals surface area contributed by atoms with E-state index in [-0.39, 0.29) is 31.1 Å². The normalized spacial score (nSPS) is 7.58. The van der Waals surface area contributed by atoms with Crippen molar-refractivity contribution >= 4 is 0 Å². The fourth-order valence-electron chi connectivity index (χ4n) is 0.714. The largest absolute Gasteiger partial charge is 0.0656 e. The van der Waals surface area contributed by atoms with Crippen LogP contribution < -0.4 is 0 Å². The number of hydrogen-bond acceptors (Lipinski definition) is 0. The summed E-state index contributed by atoms with van der Waals surface area (Å²) in [7, 11) is 0. The summed E-state index contributed by atoms with van der Waals surface area (Å²) in [6.07, 6.45) is 2.39. The van der Waals surface area contributed by atoms with Crippen molar-refractivity contribution < 1.29 is 31.1 Å². The summed E-state index contributed by atoms with van der Waals surface area (Å²) in [6, 6.07) is 10.5. The van der Waals surface area contributed by atoms with Crippen LogP contribution in [0.25, 0.3) is 0 Å². The summed E-state index contributed by atoms with van der Waals surface area (Å²) in [4.78, 5) is 0. The third kappa shape index (κ3) is 8.37. The van der Waals surface area contributed by atoms with Crippen molar-refractivity contribution in [3.63, 3.8) is 0 Å². The molecular weight excluding hydrogens is 370 g/mol. The summed E-state index contributed by atoms with van der Waals surface area (Å²) in [5.41, 5.74) is 1.41. The van der Waals surface area contributed by atoms with Crippen LogP contribution in [0.15, 0.2) is 30.3 Å². The maximum Gasteiger partial charge on any atom is 0 e. The zero-order valence-corrected chi connectivity index (χ0v) is 12.5. The van der Waals surface area contributed by atoms with Gasteiger partial charge in [0.2, 0.25) is 0 Å². The molecule has 0 unspecified atom stereocenters. The molecule has 0 amide bonds. The van der Waals surface area contributed by atoms with Gasteiger partial charge in [-0.1, -0.05) is 57.5 Å². The first-order valence-corrected chi connectivity index (χ1v) is 4.39. The molecule has 66 valence electrons. The van der Waals surface area contributed by atoms with E-state index in [9.17, 15) is 0 Å². The molecule has 1 aromatic carbocycles. The Labute approximate surface area is 100 Å². The molecule has 12 heavy (non-hydrogen) atoms. The molecule has 0 spiro atoms. The van der Waals surface area contributed by atoms with Gasteiger partial charge in [0.15, 0.2) is 0 Å². The molecule has 0 aliphatic heterocycles. The molecule has 1 aromatic rings. The van der Waals surface area contributed by atoms with Gasteiger partial charge in [-0.15, -0.1) is 0 Å². The molecule has 0 aliphatic rings. The monoisotopic (exact) mass is 388 g/mol. The van der Waals surface area contributed by atoms with Crippen LogP contribution in [-0.4, -0.2) is 0 Å². The first-order chi connectivity index (χ1) is 5.35. The third-order valence-electron chi connectivity index (χ3n) is 1.25. The first kappa shape index (κ1) is 14.8. The topological polar surface area (TPSA) is 0 Å². The molecule has 0 atom stereocenters. The van der Waals surface area contributed by atoms with Crippen LogP contribution in [0, 0.1) is 31.1 Å². The van der Waals surface area contributed by atoms with Gasteiger partial charge >= 0.3 is 0 Å². The molecule has 1 rings (SSSR count). The van der Waals surface area contributed by atoms with E-state index >= 15 is 0 Å². The smallest absolute Gasteiger partial charge is 0 e. The summed E-state index contributed by atoms with van der Waals surface area (Å²) >= 11 is 0. The Morgan fingerprint density at radius 2 is 1.33 bits per heavy atom. The zero-order valence-electron chi connectivity index (χ0n) is 8.30. The van der Waals surface area contributed by atoms with Gasteiger partial charge in [-0.05, 0) is 12.0 Å². The molecule has 0 fully saturated rings. The summed E-state index contributed by atoms with van der Waals surface area (Å²) in [6.45, 7) is 6.41. The Morgan fingerprint density at radius 3 is 1.58 bits per heavy atom. The fourth-order valence-corrected chi connectivity index (χ4v) is 0.714. The van der Waals surface area contributed by atoms with Crippen LogP contribution in [0.4, 0.5) is 0 Å². The van der Waals surface area contributed by atoms with Gasteiger partial charge in [0, 0.05) is 31.1 Å². The van der Waals surface area contributed by atoms with Gasteiger partial charge in [0.1, 0.15) is 0 Å². The minimum atomic E-state index is 0. The molecule has 0 saturated heterocycles. The van der Waals surface area contributed by atoms with Crippen LogP contribution >= 0.6 is 0 Å². The Kier molecular flexibility index (Phi) is 13.9. The van der Waals surface area contributed by atoms with Crippen molar-refractivity contribution in [1.29, 1.82) is 0 Å². The number of rotatable bonds is 1. The molecule has 0 heterocycles. The predicted molar refractivity (Wildman–Crippen MR) is 51.8 cm³/mol. The summed E-state index contributed by atoms with van der Waals surface area (Å²) in [5.74, 6) is 0. The van der Waals surface area contributed by atoms with E-state index in [4.69, 9.17) is 0 Å². The van der Waals surface area contributed by atoms with E-state index in [1.54, 1.807) is 0 Å². The molecule has 0 aromatic heterocycles. The Balaban J connectivity index is 0. The molecule has 0 saturated carbocycles. The molecule has 1 heteroatoms. The van der Waals surface area contributed by atoms with E-state index < -0.39 is 0 Å². The fraction of sp³-hybridized carbons (Fsp3) is 0.455. The van der Waals surface area contributed by atoms with Crippen LogP contribution in [0.3, 0.4) is 0 Å². The van der Waals surface area contributed by atoms with Crippen molar-refractivity contribution in [3.8, 4) is 0 Å². The van der Waals surface area contributed by atoms with Gasteiger partial charge < -0.3 is 0 Å². The first-order valence-electron chi connectivity index (χ1n) is 4.39. The molecule has 0 nitrogen and oxygen atoms in total. The van der Waals surface area contributed by atoms with Gasteiger partial charge in [0.05, 0.1) is 0 Å². The van der Waals surface area contributed by atoms with Crippen molar-refractivity contribution in [3.05, 3.63) is 35.9 Å². The van der Waals surface area contributed by atoms with Gasteiger partial charge in [-0.2, -0.15) is 0 Å². The molecule has 0 radical (unpaired) electrons. The van der Waals surface area contributed by atoms with Crippen LogP contribution in [0.5, 0.6) is 0 Å². The Hall–Kier alpha value is 0.272. The average molecular weight is 388 g/mol. The van der Waals surface area contributed by atoms with E-state index in [0.717, 1.165) is 6.42 Å². The summed E-state index contributed by atoms with van der Waals surface area (Å²) in [5, 5.41) is 0. The summed E-state index contributed by atoms with van der Waals surface area (Å²) < 4.78 is 0. The quantitative estimate of drug-likeness (QED) is 0.689. The zero-order chi connectivity index (χ0) is 8.53. The second-order valence-electron chi connectivity index (χ2n) is 2.55. The van der Waals surface area contributed by atoms with Gasteiger partial charge in [-0.25, -0.2) is 0 Å². The van der Waals surface area contributed by atoms with Gasteiger partial charge in [-0.3, -0.25) is 0 Å². The minimum absolute atomic E-state index is 0. The third-order valence-corrected chi connectivity index (χ3v) is 1.25. The number of benzene rings is 1. The Morgan fingerprint density at radius 1 is 0.917 bits per heavy atom. The van der Waals surface area contributed by atoms with Gasteiger partial charge in [0.25, 0.3) is 0 Å². The number of aryl methyl sites for hydroxylation is 1. The molecular formula is C11H18U. The second kappa shape index (κ2) is 11.3. The predicted octanol–water partition coefficient (Wildman–Crippen LogP) is 3.67. The van der Waals surface area contributed by atoms with Crippen molar-refractivity contribution in [2.45, 2.75) is 33.6 Å². The molecule has 0 N–H and O–H groups in total. The number of hydrogen-bond donors (Lipinski definition) is 0. The second-order valence-corrected chi connectivity index (χ2v) is 2.55. The van der Waals surface area contributed by atoms with E-state index in [1.807, 2.05) is 6.07 Å². The maximum atomic E-state index is 2.16. The van der Waals surface area contributed by atoms with E-state index in [1.165, 1.54) is 12.0 Å². The molecule has 0 aliphatic carbocycles. The van der Waals surface area contributed by atoms with E-state index in [2.05, 4.69) is 45.0 Å². The SMILES string of the molecule is CCC.CCc1ccccc1.[U]. The Bertz CT molecular complexity index is 158. The minimum Gasteiger partial charge on any atom is -0.0656 e. The molecule has 0 bridgehead atoms. The maximum absolute atomic E-state index is 2.16. The van der Waals surface area contributed by atoms with E-state index in [0.29, 0.717) is 0 Å². The average Bonchev–Trinajstić information content (AvgIpc) is 2.08. The van der Waals surface area contributed by atoms with Crippen molar-refractivity contribution in [1.82, 2.24) is 0 Å². The van der Waals surface area contributed by atoms with Crippen LogP contribution in [0.1, 0.15) is 32.8 Å². The van der Waals surface area contributed by atoms with Crippen molar-refractivity contribution in [2.75, 3.05) is 0 Å². The van der Waals surface area contributed by atoms with Crippen LogP contribution in [0.2, 0.25) is 0 Å².